The maximum Gasteiger partial charge on any atom is 0.119 e. The summed E-state index contributed by atoms with van der Waals surface area (Å²) in [5, 5.41) is 0. The third-order valence-electron chi connectivity index (χ3n) is 5.14. The lowest BCUT2D eigenvalue weighted by Gasteiger charge is -2.37. The van der Waals surface area contributed by atoms with E-state index in [1.807, 2.05) is 0 Å². The number of ether oxygens (including phenoxy) is 1. The lowest BCUT2D eigenvalue weighted by molar-refractivity contribution is 0.183. The Hall–Kier alpha value is -1.02. The van der Waals surface area contributed by atoms with Crippen LogP contribution in [0.3, 0.4) is 0 Å². The molecule has 2 N–H and O–H groups in total. The average molecular weight is 287 g/mol. The fraction of sp³-hybridized carbons (Fsp3) is 0.684. The molecule has 21 heavy (non-hydrogen) atoms. The van der Waals surface area contributed by atoms with Gasteiger partial charge in [0.05, 0.1) is 6.10 Å². The zero-order chi connectivity index (χ0) is 14.9. The number of hydrogen-bond acceptors (Lipinski definition) is 2. The molecular weight excluding hydrogens is 258 g/mol. The van der Waals surface area contributed by atoms with Crippen LogP contribution in [0.4, 0.5) is 0 Å². The summed E-state index contributed by atoms with van der Waals surface area (Å²) >= 11 is 0. The minimum atomic E-state index is 0.164. The smallest absolute Gasteiger partial charge is 0.119 e. The maximum atomic E-state index is 6.71. The van der Waals surface area contributed by atoms with Crippen molar-refractivity contribution in [3.63, 3.8) is 0 Å². The summed E-state index contributed by atoms with van der Waals surface area (Å²) < 4.78 is 5.83. The normalized spacial score (nSPS) is 22.5. The van der Waals surface area contributed by atoms with E-state index >= 15 is 0 Å². The molecule has 0 aliphatic heterocycles. The summed E-state index contributed by atoms with van der Waals surface area (Å²) in [6, 6.07) is 8.74. The van der Waals surface area contributed by atoms with Gasteiger partial charge in [0.2, 0.25) is 0 Å². The Labute approximate surface area is 129 Å². The molecule has 1 aromatic rings. The molecule has 1 aromatic carbocycles. The van der Waals surface area contributed by atoms with Crippen LogP contribution >= 0.6 is 0 Å². The number of benzene rings is 1. The van der Waals surface area contributed by atoms with Gasteiger partial charge in [0.15, 0.2) is 0 Å². The van der Waals surface area contributed by atoms with Gasteiger partial charge in [0.1, 0.15) is 5.75 Å². The quantitative estimate of drug-likeness (QED) is 0.813. The van der Waals surface area contributed by atoms with Crippen LogP contribution in [0.2, 0.25) is 0 Å². The number of nitrogens with two attached hydrogens (primary N) is 1. The Morgan fingerprint density at radius 1 is 1.14 bits per heavy atom. The first-order valence-corrected chi connectivity index (χ1v) is 8.61. The second-order valence-corrected chi connectivity index (χ2v) is 7.53. The summed E-state index contributed by atoms with van der Waals surface area (Å²) in [7, 11) is 0. The SMILES string of the molecule is CC(C)CC1(C(N)c2ccc(OC3CC3)cc2)CCCC1. The first-order chi connectivity index (χ1) is 10.1. The molecule has 116 valence electrons. The van der Waals surface area contributed by atoms with E-state index in [4.69, 9.17) is 10.5 Å². The van der Waals surface area contributed by atoms with Gasteiger partial charge in [0, 0.05) is 6.04 Å². The van der Waals surface area contributed by atoms with Crippen molar-refractivity contribution in [2.45, 2.75) is 70.9 Å². The van der Waals surface area contributed by atoms with Crippen molar-refractivity contribution in [2.24, 2.45) is 17.1 Å². The highest BCUT2D eigenvalue weighted by Crippen LogP contribution is 2.50. The molecule has 1 unspecified atom stereocenters. The summed E-state index contributed by atoms with van der Waals surface area (Å²) in [4.78, 5) is 0. The maximum absolute atomic E-state index is 6.71. The molecular formula is C19H29NO. The molecule has 0 aromatic heterocycles. The zero-order valence-corrected chi connectivity index (χ0v) is 13.5. The van der Waals surface area contributed by atoms with Gasteiger partial charge in [0.25, 0.3) is 0 Å². The predicted molar refractivity (Wildman–Crippen MR) is 87.4 cm³/mol. The summed E-state index contributed by atoms with van der Waals surface area (Å²) in [5.74, 6) is 1.71. The van der Waals surface area contributed by atoms with Crippen molar-refractivity contribution in [2.75, 3.05) is 0 Å². The molecule has 0 amide bonds. The van der Waals surface area contributed by atoms with Crippen LogP contribution in [-0.4, -0.2) is 6.10 Å². The van der Waals surface area contributed by atoms with Gasteiger partial charge in [-0.25, -0.2) is 0 Å². The Morgan fingerprint density at radius 3 is 2.29 bits per heavy atom. The first-order valence-electron chi connectivity index (χ1n) is 8.61. The Bertz CT molecular complexity index is 455. The fourth-order valence-corrected chi connectivity index (χ4v) is 4.02. The van der Waals surface area contributed by atoms with Gasteiger partial charge < -0.3 is 10.5 Å². The van der Waals surface area contributed by atoms with Crippen molar-refractivity contribution in [1.82, 2.24) is 0 Å². The van der Waals surface area contributed by atoms with Gasteiger partial charge in [-0.15, -0.1) is 0 Å². The van der Waals surface area contributed by atoms with Gasteiger partial charge in [-0.1, -0.05) is 38.8 Å². The van der Waals surface area contributed by atoms with Gasteiger partial charge in [-0.05, 0) is 61.1 Å². The largest absolute Gasteiger partial charge is 0.490 e. The van der Waals surface area contributed by atoms with Gasteiger partial charge >= 0.3 is 0 Å². The highest BCUT2D eigenvalue weighted by molar-refractivity contribution is 5.31. The first kappa shape index (κ1) is 14.9. The molecule has 2 aliphatic rings. The van der Waals surface area contributed by atoms with Crippen LogP contribution in [0.25, 0.3) is 0 Å². The minimum absolute atomic E-state index is 0.164. The van der Waals surface area contributed by atoms with E-state index in [0.29, 0.717) is 17.4 Å². The van der Waals surface area contributed by atoms with Crippen LogP contribution in [0.5, 0.6) is 5.75 Å². The molecule has 3 rings (SSSR count). The summed E-state index contributed by atoms with van der Waals surface area (Å²) in [6.45, 7) is 4.64. The van der Waals surface area contributed by atoms with Crippen LogP contribution in [-0.2, 0) is 0 Å². The zero-order valence-electron chi connectivity index (χ0n) is 13.5. The molecule has 2 fully saturated rings. The summed E-state index contributed by atoms with van der Waals surface area (Å²) in [5.41, 5.74) is 8.30. The topological polar surface area (TPSA) is 35.2 Å². The molecule has 0 radical (unpaired) electrons. The van der Waals surface area contributed by atoms with Crippen LogP contribution in [0.1, 0.15) is 70.4 Å². The summed E-state index contributed by atoms with van der Waals surface area (Å²) in [6.07, 6.45) is 9.37. The number of rotatable bonds is 6. The number of hydrogen-bond donors (Lipinski definition) is 1. The van der Waals surface area contributed by atoms with Crippen molar-refractivity contribution in [3.8, 4) is 5.75 Å². The van der Waals surface area contributed by atoms with Gasteiger partial charge in [-0.2, -0.15) is 0 Å². The van der Waals surface area contributed by atoms with E-state index in [1.165, 1.54) is 50.5 Å². The third-order valence-corrected chi connectivity index (χ3v) is 5.14. The van der Waals surface area contributed by atoms with Crippen molar-refractivity contribution in [3.05, 3.63) is 29.8 Å². The monoisotopic (exact) mass is 287 g/mol. The highest BCUT2D eigenvalue weighted by Gasteiger charge is 2.40. The van der Waals surface area contributed by atoms with Crippen LogP contribution in [0.15, 0.2) is 24.3 Å². The second-order valence-electron chi connectivity index (χ2n) is 7.53. The highest BCUT2D eigenvalue weighted by atomic mass is 16.5. The molecule has 2 aliphatic carbocycles. The average Bonchev–Trinajstić information content (AvgIpc) is 3.15. The lowest BCUT2D eigenvalue weighted by atomic mass is 9.71. The molecule has 2 heteroatoms. The van der Waals surface area contributed by atoms with E-state index in [2.05, 4.69) is 38.1 Å². The molecule has 0 heterocycles. The Morgan fingerprint density at radius 2 is 1.76 bits per heavy atom. The van der Waals surface area contributed by atoms with E-state index in [0.717, 1.165) is 5.75 Å². The van der Waals surface area contributed by atoms with Crippen LogP contribution in [0, 0.1) is 11.3 Å². The van der Waals surface area contributed by atoms with Gasteiger partial charge in [-0.3, -0.25) is 0 Å². The fourth-order valence-electron chi connectivity index (χ4n) is 4.02. The molecule has 1 atom stereocenters. The molecule has 2 saturated carbocycles. The molecule has 0 bridgehead atoms. The van der Waals surface area contributed by atoms with E-state index < -0.39 is 0 Å². The van der Waals surface area contributed by atoms with E-state index in [-0.39, 0.29) is 6.04 Å². The van der Waals surface area contributed by atoms with E-state index in [1.54, 1.807) is 0 Å². The lowest BCUT2D eigenvalue weighted by Crippen LogP contribution is -2.33. The van der Waals surface area contributed by atoms with Crippen molar-refractivity contribution >= 4 is 0 Å². The molecule has 0 saturated heterocycles. The second kappa shape index (κ2) is 6.00. The molecule has 2 nitrogen and oxygen atoms in total. The van der Waals surface area contributed by atoms with E-state index in [9.17, 15) is 0 Å². The Balaban J connectivity index is 1.73. The predicted octanol–water partition coefficient (Wildman–Crippen LogP) is 4.83. The minimum Gasteiger partial charge on any atom is -0.490 e. The van der Waals surface area contributed by atoms with Crippen LogP contribution < -0.4 is 10.5 Å². The van der Waals surface area contributed by atoms with Crippen molar-refractivity contribution in [1.29, 1.82) is 0 Å². The van der Waals surface area contributed by atoms with Crippen molar-refractivity contribution < 1.29 is 4.74 Å². The molecule has 0 spiro atoms. The Kier molecular flexibility index (Phi) is 4.26. The standard InChI is InChI=1S/C19H29NO/c1-14(2)13-19(11-3-4-12-19)18(20)15-5-7-16(8-6-15)21-17-9-10-17/h5-8,14,17-18H,3-4,9-13,20H2,1-2H3. The third kappa shape index (κ3) is 3.42.